The van der Waals surface area contributed by atoms with Crippen LogP contribution in [-0.2, 0) is 0 Å². The van der Waals surface area contributed by atoms with Crippen LogP contribution in [0.5, 0.6) is 0 Å². The quantitative estimate of drug-likeness (QED) is 0.664. The molecule has 0 spiro atoms. The average Bonchev–Trinajstić information content (AvgIpc) is 3.02. The molecule has 3 aromatic rings. The number of nitrogens with two attached hydrogens (primary N) is 1. The van der Waals surface area contributed by atoms with Gasteiger partial charge in [0.1, 0.15) is 4.83 Å². The molecule has 3 rings (SSSR count). The fraction of sp³-hybridized carbons (Fsp3) is 0.278. The number of nitrogen functional groups attached to an aromatic ring is 1. The standard InChI is InChI=1S/C18H21N5OS/c1-23(2)10-6-9-20-16(24)14-11-13-15(12-7-4-3-5-8-12)21-18(19)22-17(13)25-14/h3-5,7-8,11H,6,9-10H2,1-2H3,(H,20,24)(H2,19,21,22). The van der Waals surface area contributed by atoms with Crippen LogP contribution in [0.15, 0.2) is 36.4 Å². The predicted octanol–water partition coefficient (Wildman–Crippen LogP) is 2.62. The zero-order valence-electron chi connectivity index (χ0n) is 14.3. The lowest BCUT2D eigenvalue weighted by molar-refractivity contribution is 0.0956. The summed E-state index contributed by atoms with van der Waals surface area (Å²) in [5.74, 6) is 0.130. The molecule has 130 valence electrons. The fourth-order valence-corrected chi connectivity index (χ4v) is 3.50. The number of rotatable bonds is 6. The van der Waals surface area contributed by atoms with Crippen molar-refractivity contribution in [1.82, 2.24) is 20.2 Å². The zero-order valence-corrected chi connectivity index (χ0v) is 15.1. The summed E-state index contributed by atoms with van der Waals surface area (Å²) in [4.78, 5) is 24.5. The molecule has 0 saturated heterocycles. The Morgan fingerprint density at radius 1 is 1.24 bits per heavy atom. The van der Waals surface area contributed by atoms with Crippen molar-refractivity contribution >= 4 is 33.4 Å². The van der Waals surface area contributed by atoms with Crippen LogP contribution in [0, 0.1) is 0 Å². The number of nitrogens with zero attached hydrogens (tertiary/aromatic N) is 3. The van der Waals surface area contributed by atoms with Crippen molar-refractivity contribution in [3.63, 3.8) is 0 Å². The van der Waals surface area contributed by atoms with Crippen molar-refractivity contribution < 1.29 is 4.79 Å². The highest BCUT2D eigenvalue weighted by molar-refractivity contribution is 7.20. The molecule has 2 heterocycles. The van der Waals surface area contributed by atoms with Gasteiger partial charge in [-0.2, -0.15) is 0 Å². The smallest absolute Gasteiger partial charge is 0.261 e. The van der Waals surface area contributed by atoms with Gasteiger partial charge in [-0.05, 0) is 33.1 Å². The van der Waals surface area contributed by atoms with E-state index in [-0.39, 0.29) is 11.9 Å². The highest BCUT2D eigenvalue weighted by Crippen LogP contribution is 2.32. The van der Waals surface area contributed by atoms with Gasteiger partial charge in [-0.15, -0.1) is 11.3 Å². The summed E-state index contributed by atoms with van der Waals surface area (Å²) < 4.78 is 0. The third-order valence-electron chi connectivity index (χ3n) is 3.75. The van der Waals surface area contributed by atoms with E-state index in [2.05, 4.69) is 20.2 Å². The number of benzene rings is 1. The van der Waals surface area contributed by atoms with E-state index in [0.717, 1.165) is 34.4 Å². The van der Waals surface area contributed by atoms with Gasteiger partial charge in [-0.3, -0.25) is 4.79 Å². The molecule has 0 aliphatic rings. The lowest BCUT2D eigenvalue weighted by Crippen LogP contribution is -2.26. The minimum atomic E-state index is -0.0839. The first-order valence-corrected chi connectivity index (χ1v) is 8.91. The number of hydrogen-bond donors (Lipinski definition) is 2. The maximum atomic E-state index is 12.4. The van der Waals surface area contributed by atoms with Crippen LogP contribution < -0.4 is 11.1 Å². The van der Waals surface area contributed by atoms with E-state index in [1.165, 1.54) is 11.3 Å². The molecule has 0 fully saturated rings. The molecule has 0 aliphatic carbocycles. The molecule has 1 aromatic carbocycles. The Hall–Kier alpha value is -2.51. The molecule has 0 atom stereocenters. The molecule has 2 aromatic heterocycles. The SMILES string of the molecule is CN(C)CCCNC(=O)c1cc2c(-c3ccccc3)nc(N)nc2s1. The largest absolute Gasteiger partial charge is 0.368 e. The van der Waals surface area contributed by atoms with Crippen LogP contribution in [0.1, 0.15) is 16.1 Å². The minimum Gasteiger partial charge on any atom is -0.368 e. The highest BCUT2D eigenvalue weighted by atomic mass is 32.1. The number of anilines is 1. The second-order valence-corrected chi connectivity index (χ2v) is 7.07. The van der Waals surface area contributed by atoms with E-state index in [1.54, 1.807) is 0 Å². The molecular formula is C18H21N5OS. The van der Waals surface area contributed by atoms with Gasteiger partial charge in [0.15, 0.2) is 0 Å². The van der Waals surface area contributed by atoms with E-state index < -0.39 is 0 Å². The molecule has 0 unspecified atom stereocenters. The fourth-order valence-electron chi connectivity index (χ4n) is 2.55. The van der Waals surface area contributed by atoms with Crippen molar-refractivity contribution in [3.05, 3.63) is 41.3 Å². The van der Waals surface area contributed by atoms with Gasteiger partial charge in [-0.25, -0.2) is 9.97 Å². The van der Waals surface area contributed by atoms with Crippen molar-refractivity contribution in [2.24, 2.45) is 0 Å². The second-order valence-electron chi connectivity index (χ2n) is 6.04. The number of carbonyl (C=O) groups is 1. The van der Waals surface area contributed by atoms with Gasteiger partial charge in [0, 0.05) is 17.5 Å². The van der Waals surface area contributed by atoms with E-state index >= 15 is 0 Å². The van der Waals surface area contributed by atoms with Gasteiger partial charge < -0.3 is 16.0 Å². The molecular weight excluding hydrogens is 334 g/mol. The first kappa shape index (κ1) is 17.3. The summed E-state index contributed by atoms with van der Waals surface area (Å²) in [5, 5.41) is 3.81. The maximum Gasteiger partial charge on any atom is 0.261 e. The predicted molar refractivity (Wildman–Crippen MR) is 103 cm³/mol. The average molecular weight is 355 g/mol. The monoisotopic (exact) mass is 355 g/mol. The number of thiophene rings is 1. The zero-order chi connectivity index (χ0) is 17.8. The van der Waals surface area contributed by atoms with E-state index in [4.69, 9.17) is 5.73 Å². The Kier molecular flexibility index (Phi) is 5.25. The van der Waals surface area contributed by atoms with Gasteiger partial charge >= 0.3 is 0 Å². The third-order valence-corrected chi connectivity index (χ3v) is 4.78. The van der Waals surface area contributed by atoms with Crippen LogP contribution in [0.25, 0.3) is 21.5 Å². The van der Waals surface area contributed by atoms with Crippen LogP contribution in [-0.4, -0.2) is 48.0 Å². The van der Waals surface area contributed by atoms with Crippen molar-refractivity contribution in [3.8, 4) is 11.3 Å². The molecule has 0 saturated carbocycles. The van der Waals surface area contributed by atoms with Gasteiger partial charge in [0.2, 0.25) is 5.95 Å². The van der Waals surface area contributed by atoms with Gasteiger partial charge in [0.25, 0.3) is 5.91 Å². The molecule has 0 aliphatic heterocycles. The number of carbonyl (C=O) groups excluding carboxylic acids is 1. The molecule has 0 radical (unpaired) electrons. The lowest BCUT2D eigenvalue weighted by atomic mass is 10.1. The van der Waals surface area contributed by atoms with Crippen LogP contribution in [0.4, 0.5) is 5.95 Å². The summed E-state index contributed by atoms with van der Waals surface area (Å²) in [6.45, 7) is 1.58. The lowest BCUT2D eigenvalue weighted by Gasteiger charge is -2.09. The number of amides is 1. The summed E-state index contributed by atoms with van der Waals surface area (Å²) in [5.41, 5.74) is 7.56. The van der Waals surface area contributed by atoms with Crippen molar-refractivity contribution in [1.29, 1.82) is 0 Å². The summed E-state index contributed by atoms with van der Waals surface area (Å²) in [6.07, 6.45) is 0.908. The van der Waals surface area contributed by atoms with Crippen LogP contribution >= 0.6 is 11.3 Å². The van der Waals surface area contributed by atoms with Gasteiger partial charge in [-0.1, -0.05) is 30.3 Å². The Bertz CT molecular complexity index is 876. The van der Waals surface area contributed by atoms with Crippen molar-refractivity contribution in [2.45, 2.75) is 6.42 Å². The van der Waals surface area contributed by atoms with E-state index in [9.17, 15) is 4.79 Å². The Morgan fingerprint density at radius 2 is 2.00 bits per heavy atom. The number of nitrogens with one attached hydrogen (secondary N) is 1. The van der Waals surface area contributed by atoms with E-state index in [0.29, 0.717) is 11.4 Å². The molecule has 25 heavy (non-hydrogen) atoms. The first-order valence-electron chi connectivity index (χ1n) is 8.10. The van der Waals surface area contributed by atoms with Crippen LogP contribution in [0.2, 0.25) is 0 Å². The molecule has 3 N–H and O–H groups in total. The van der Waals surface area contributed by atoms with Crippen molar-refractivity contribution in [2.75, 3.05) is 32.9 Å². The maximum absolute atomic E-state index is 12.4. The number of aromatic nitrogens is 2. The van der Waals surface area contributed by atoms with Crippen LogP contribution in [0.3, 0.4) is 0 Å². The summed E-state index contributed by atoms with van der Waals surface area (Å²) >= 11 is 1.34. The number of fused-ring (bicyclic) bond motifs is 1. The minimum absolute atomic E-state index is 0.0839. The van der Waals surface area contributed by atoms with E-state index in [1.807, 2.05) is 50.5 Å². The van der Waals surface area contributed by atoms with Gasteiger partial charge in [0.05, 0.1) is 10.6 Å². The molecule has 6 nitrogen and oxygen atoms in total. The Labute approximate surface area is 150 Å². The Morgan fingerprint density at radius 3 is 2.72 bits per heavy atom. The highest BCUT2D eigenvalue weighted by Gasteiger charge is 2.16. The Balaban J connectivity index is 1.86. The summed E-state index contributed by atoms with van der Waals surface area (Å²) in [7, 11) is 4.03. The third kappa shape index (κ3) is 4.12. The second kappa shape index (κ2) is 7.58. The molecule has 1 amide bonds. The summed E-state index contributed by atoms with van der Waals surface area (Å²) in [6, 6.07) is 11.6. The normalized spacial score (nSPS) is 11.2. The first-order chi connectivity index (χ1) is 12.0. The topological polar surface area (TPSA) is 84.1 Å². The number of hydrogen-bond acceptors (Lipinski definition) is 6. The molecule has 0 bridgehead atoms. The molecule has 7 heteroatoms.